The first-order valence-corrected chi connectivity index (χ1v) is 10.3. The molecular weight excluding hydrogens is 382 g/mol. The number of carbonyl (C=O) groups excluding carboxylic acids is 1. The number of carbonyl (C=O) groups is 1. The number of amides is 2. The quantitative estimate of drug-likeness (QED) is 0.381. The van der Waals surface area contributed by atoms with Gasteiger partial charge >= 0.3 is 6.03 Å². The Hall–Kier alpha value is -3.51. The highest BCUT2D eigenvalue weighted by Crippen LogP contribution is 2.25. The molecule has 0 aliphatic carbocycles. The molecule has 0 saturated heterocycles. The molecule has 0 bridgehead atoms. The molecule has 29 heavy (non-hydrogen) atoms. The smallest absolute Gasteiger partial charge is 0.323 e. The number of thioether (sulfide) groups is 1. The molecule has 0 unspecified atom stereocenters. The van der Waals surface area contributed by atoms with Gasteiger partial charge in [0.1, 0.15) is 12.0 Å². The van der Waals surface area contributed by atoms with Gasteiger partial charge in [0.05, 0.1) is 0 Å². The van der Waals surface area contributed by atoms with Crippen molar-refractivity contribution in [3.05, 3.63) is 85.1 Å². The van der Waals surface area contributed by atoms with Crippen LogP contribution in [0.1, 0.15) is 0 Å². The van der Waals surface area contributed by atoms with Gasteiger partial charge in [0, 0.05) is 27.4 Å². The Morgan fingerprint density at radius 2 is 1.62 bits per heavy atom. The summed E-state index contributed by atoms with van der Waals surface area (Å²) >= 11 is 1.63. The highest BCUT2D eigenvalue weighted by Gasteiger charge is 2.09. The number of nitrogens with zero attached hydrogens (tertiary/aromatic N) is 1. The molecule has 4 rings (SSSR count). The summed E-state index contributed by atoms with van der Waals surface area (Å²) in [6.07, 6.45) is 3.64. The summed E-state index contributed by atoms with van der Waals surface area (Å²) in [7, 11) is 0. The van der Waals surface area contributed by atoms with E-state index in [-0.39, 0.29) is 6.03 Å². The Morgan fingerprint density at radius 1 is 0.862 bits per heavy atom. The number of hydrogen-bond acceptors (Lipinski definition) is 4. The number of hydrogen-bond donors (Lipinski definition) is 2. The summed E-state index contributed by atoms with van der Waals surface area (Å²) in [5, 5.41) is 5.67. The Balaban J connectivity index is 1.41. The lowest BCUT2D eigenvalue weighted by Gasteiger charge is -2.08. The minimum Gasteiger partial charge on any atom is -0.444 e. The van der Waals surface area contributed by atoms with Crippen LogP contribution in [0.5, 0.6) is 0 Å². The molecule has 2 N–H and O–H groups in total. The first kappa shape index (κ1) is 18.8. The molecule has 6 heteroatoms. The van der Waals surface area contributed by atoms with Crippen molar-refractivity contribution in [3.63, 3.8) is 0 Å². The topological polar surface area (TPSA) is 67.2 Å². The molecule has 0 aliphatic rings. The lowest BCUT2D eigenvalue weighted by molar-refractivity contribution is 0.262. The second kappa shape index (κ2) is 8.67. The fraction of sp³-hybridized carbons (Fsp3) is 0.0435. The Bertz CT molecular complexity index is 1110. The van der Waals surface area contributed by atoms with Crippen LogP contribution >= 0.6 is 11.8 Å². The zero-order valence-corrected chi connectivity index (χ0v) is 16.6. The Kier molecular flexibility index (Phi) is 5.63. The van der Waals surface area contributed by atoms with Crippen molar-refractivity contribution in [2.45, 2.75) is 4.90 Å². The number of anilines is 2. The zero-order chi connectivity index (χ0) is 20.1. The van der Waals surface area contributed by atoms with Crippen LogP contribution in [0.4, 0.5) is 16.2 Å². The third-order valence-electron chi connectivity index (χ3n) is 4.29. The van der Waals surface area contributed by atoms with Crippen LogP contribution in [0, 0.1) is 0 Å². The molecule has 0 spiro atoms. The molecule has 5 nitrogen and oxygen atoms in total. The van der Waals surface area contributed by atoms with E-state index in [0.29, 0.717) is 11.6 Å². The number of benzene rings is 3. The maximum Gasteiger partial charge on any atom is 0.323 e. The second-order valence-electron chi connectivity index (χ2n) is 6.29. The fourth-order valence-electron chi connectivity index (χ4n) is 2.84. The standard InChI is InChI=1S/C23H19N3O2S/c1-29-20-9-5-8-19(14-20)25-23(27)24-18-12-10-17(11-13-18)22-26-21(15-28-22)16-6-3-2-4-7-16/h2-15H,1H3,(H2,24,25,27). The first-order chi connectivity index (χ1) is 14.2. The summed E-state index contributed by atoms with van der Waals surface area (Å²) in [5.74, 6) is 0.536. The van der Waals surface area contributed by atoms with Crippen molar-refractivity contribution in [3.8, 4) is 22.7 Å². The molecule has 0 atom stereocenters. The summed E-state index contributed by atoms with van der Waals surface area (Å²) in [4.78, 5) is 17.9. The van der Waals surface area contributed by atoms with Crippen molar-refractivity contribution in [1.29, 1.82) is 0 Å². The summed E-state index contributed by atoms with van der Waals surface area (Å²) in [6, 6.07) is 24.6. The van der Waals surface area contributed by atoms with Gasteiger partial charge in [-0.2, -0.15) is 0 Å². The molecule has 3 aromatic carbocycles. The molecule has 2 amide bonds. The van der Waals surface area contributed by atoms with Crippen LogP contribution < -0.4 is 10.6 Å². The van der Waals surface area contributed by atoms with Gasteiger partial charge in [0.25, 0.3) is 0 Å². The maximum atomic E-state index is 12.2. The highest BCUT2D eigenvalue weighted by molar-refractivity contribution is 7.98. The number of urea groups is 1. The number of aromatic nitrogens is 1. The summed E-state index contributed by atoms with van der Waals surface area (Å²) < 4.78 is 5.61. The van der Waals surface area contributed by atoms with Crippen LogP contribution in [0.3, 0.4) is 0 Å². The average Bonchev–Trinajstić information content (AvgIpc) is 3.25. The number of rotatable bonds is 5. The summed E-state index contributed by atoms with van der Waals surface area (Å²) in [6.45, 7) is 0. The van der Waals surface area contributed by atoms with Crippen LogP contribution in [-0.2, 0) is 0 Å². The lowest BCUT2D eigenvalue weighted by atomic mass is 10.2. The van der Waals surface area contributed by atoms with E-state index in [1.54, 1.807) is 18.0 Å². The fourth-order valence-corrected chi connectivity index (χ4v) is 3.30. The van der Waals surface area contributed by atoms with E-state index in [9.17, 15) is 4.79 Å². The van der Waals surface area contributed by atoms with Crippen LogP contribution in [-0.4, -0.2) is 17.3 Å². The van der Waals surface area contributed by atoms with Gasteiger partial charge < -0.3 is 15.1 Å². The van der Waals surface area contributed by atoms with Crippen molar-refractivity contribution in [2.75, 3.05) is 16.9 Å². The van der Waals surface area contributed by atoms with E-state index < -0.39 is 0 Å². The Morgan fingerprint density at radius 3 is 2.38 bits per heavy atom. The van der Waals surface area contributed by atoms with Crippen molar-refractivity contribution in [1.82, 2.24) is 4.98 Å². The highest BCUT2D eigenvalue weighted by atomic mass is 32.2. The van der Waals surface area contributed by atoms with E-state index in [1.165, 1.54) is 0 Å². The van der Waals surface area contributed by atoms with Gasteiger partial charge in [-0.25, -0.2) is 9.78 Å². The van der Waals surface area contributed by atoms with Gasteiger partial charge in [-0.3, -0.25) is 0 Å². The van der Waals surface area contributed by atoms with Crippen molar-refractivity contribution in [2.24, 2.45) is 0 Å². The molecule has 0 fully saturated rings. The molecule has 144 valence electrons. The minimum absolute atomic E-state index is 0.293. The molecule has 0 radical (unpaired) electrons. The van der Waals surface area contributed by atoms with Crippen molar-refractivity contribution >= 4 is 29.2 Å². The van der Waals surface area contributed by atoms with Gasteiger partial charge in [0.2, 0.25) is 5.89 Å². The summed E-state index contributed by atoms with van der Waals surface area (Å²) in [5.41, 5.74) is 4.06. The van der Waals surface area contributed by atoms with E-state index in [2.05, 4.69) is 15.6 Å². The molecular formula is C23H19N3O2S. The van der Waals surface area contributed by atoms with E-state index in [1.807, 2.05) is 85.1 Å². The zero-order valence-electron chi connectivity index (χ0n) is 15.8. The average molecular weight is 401 g/mol. The van der Waals surface area contributed by atoms with Gasteiger partial charge in [-0.1, -0.05) is 36.4 Å². The van der Waals surface area contributed by atoms with Crippen molar-refractivity contribution < 1.29 is 9.21 Å². The predicted octanol–water partition coefficient (Wildman–Crippen LogP) is 6.37. The molecule has 0 aliphatic heterocycles. The minimum atomic E-state index is -0.293. The number of oxazole rings is 1. The largest absolute Gasteiger partial charge is 0.444 e. The molecule has 0 saturated carbocycles. The van der Waals surface area contributed by atoms with E-state index in [4.69, 9.17) is 4.42 Å². The SMILES string of the molecule is CSc1cccc(NC(=O)Nc2ccc(-c3nc(-c4ccccc4)co3)cc2)c1. The van der Waals surface area contributed by atoms with Gasteiger partial charge in [-0.05, 0) is 48.7 Å². The maximum absolute atomic E-state index is 12.2. The molecule has 1 heterocycles. The van der Waals surface area contributed by atoms with E-state index >= 15 is 0 Å². The normalized spacial score (nSPS) is 10.5. The van der Waals surface area contributed by atoms with Gasteiger partial charge in [-0.15, -0.1) is 11.8 Å². The van der Waals surface area contributed by atoms with E-state index in [0.717, 1.165) is 27.4 Å². The van der Waals surface area contributed by atoms with Crippen LogP contribution in [0.25, 0.3) is 22.7 Å². The van der Waals surface area contributed by atoms with Gasteiger partial charge in [0.15, 0.2) is 0 Å². The predicted molar refractivity (Wildman–Crippen MR) is 118 cm³/mol. The molecule has 4 aromatic rings. The first-order valence-electron chi connectivity index (χ1n) is 9.05. The van der Waals surface area contributed by atoms with Crippen LogP contribution in [0.15, 0.2) is 94.4 Å². The third-order valence-corrected chi connectivity index (χ3v) is 5.02. The Labute approximate surface area is 173 Å². The number of nitrogens with one attached hydrogen (secondary N) is 2. The monoisotopic (exact) mass is 401 g/mol. The second-order valence-corrected chi connectivity index (χ2v) is 7.17. The molecule has 1 aromatic heterocycles. The van der Waals surface area contributed by atoms with Crippen LogP contribution in [0.2, 0.25) is 0 Å². The third kappa shape index (κ3) is 4.67. The lowest BCUT2D eigenvalue weighted by Crippen LogP contribution is -2.19.